The Hall–Kier alpha value is -1.11. The van der Waals surface area contributed by atoms with Gasteiger partial charge in [0, 0.05) is 11.9 Å². The molecule has 0 radical (unpaired) electrons. The summed E-state index contributed by atoms with van der Waals surface area (Å²) in [6.45, 7) is 2.16. The van der Waals surface area contributed by atoms with Crippen LogP contribution in [0.3, 0.4) is 0 Å². The lowest BCUT2D eigenvalue weighted by Gasteiger charge is -1.95. The fraction of sp³-hybridized carbons (Fsp3) is 0.300. The minimum Gasteiger partial charge on any atom is -0.261 e. The van der Waals surface area contributed by atoms with Crippen molar-refractivity contribution < 1.29 is 0 Å². The molecular formula is C10H13N. The van der Waals surface area contributed by atoms with Crippen molar-refractivity contribution in [2.24, 2.45) is 4.99 Å². The number of allylic oxidation sites excluding steroid dienone is 5. The number of nitrogens with zero attached hydrogens (tertiary/aromatic N) is 1. The average Bonchev–Trinajstić information content (AvgIpc) is 1.94. The Morgan fingerprint density at radius 1 is 1.18 bits per heavy atom. The van der Waals surface area contributed by atoms with E-state index in [2.05, 4.69) is 18.0 Å². The van der Waals surface area contributed by atoms with Crippen molar-refractivity contribution >= 4 is 5.71 Å². The topological polar surface area (TPSA) is 12.4 Å². The molecule has 0 saturated heterocycles. The molecule has 0 aromatic heterocycles. The summed E-state index contributed by atoms with van der Waals surface area (Å²) >= 11 is 0. The van der Waals surface area contributed by atoms with Crippen LogP contribution in [0.1, 0.15) is 19.8 Å². The van der Waals surface area contributed by atoms with Crippen molar-refractivity contribution in [1.29, 1.82) is 0 Å². The Bertz CT molecular complexity index is 219. The van der Waals surface area contributed by atoms with Crippen molar-refractivity contribution in [3.8, 4) is 0 Å². The van der Waals surface area contributed by atoms with Gasteiger partial charge in [-0.2, -0.15) is 0 Å². The van der Waals surface area contributed by atoms with E-state index in [0.717, 1.165) is 18.6 Å². The molecule has 0 atom stereocenters. The van der Waals surface area contributed by atoms with Gasteiger partial charge in [-0.3, -0.25) is 4.99 Å². The molecule has 0 aromatic carbocycles. The highest BCUT2D eigenvalue weighted by Gasteiger charge is 1.89. The van der Waals surface area contributed by atoms with Gasteiger partial charge < -0.3 is 0 Å². The van der Waals surface area contributed by atoms with Gasteiger partial charge in [0.1, 0.15) is 0 Å². The van der Waals surface area contributed by atoms with Gasteiger partial charge in [0.25, 0.3) is 0 Å². The summed E-state index contributed by atoms with van der Waals surface area (Å²) in [6.07, 6.45) is 14.1. The number of aliphatic imine (C=N–C) groups is 1. The average molecular weight is 147 g/mol. The van der Waals surface area contributed by atoms with Crippen molar-refractivity contribution in [3.05, 3.63) is 36.6 Å². The first-order valence-electron chi connectivity index (χ1n) is 4.00. The van der Waals surface area contributed by atoms with Crippen LogP contribution in [0, 0.1) is 0 Å². The second-order valence-electron chi connectivity index (χ2n) is 2.46. The highest BCUT2D eigenvalue weighted by molar-refractivity contribution is 5.95. The van der Waals surface area contributed by atoms with Gasteiger partial charge in [-0.25, -0.2) is 0 Å². The van der Waals surface area contributed by atoms with Gasteiger partial charge >= 0.3 is 0 Å². The summed E-state index contributed by atoms with van der Waals surface area (Å²) in [7, 11) is 0. The van der Waals surface area contributed by atoms with Crippen LogP contribution in [0.2, 0.25) is 0 Å². The van der Waals surface area contributed by atoms with Gasteiger partial charge in [-0.15, -0.1) is 0 Å². The normalized spacial score (nSPS) is 21.7. The predicted octanol–water partition coefficient (Wildman–Crippen LogP) is 2.87. The molecule has 0 N–H and O–H groups in total. The van der Waals surface area contributed by atoms with Crippen LogP contribution in [0.25, 0.3) is 0 Å². The van der Waals surface area contributed by atoms with Crippen LogP contribution in [0.5, 0.6) is 0 Å². The molecule has 1 aliphatic rings. The fourth-order valence-corrected chi connectivity index (χ4v) is 0.930. The zero-order valence-electron chi connectivity index (χ0n) is 6.83. The zero-order valence-corrected chi connectivity index (χ0v) is 6.83. The Balaban J connectivity index is 2.62. The lowest BCUT2D eigenvalue weighted by molar-refractivity contribution is 0.995. The highest BCUT2D eigenvalue weighted by Crippen LogP contribution is 1.98. The summed E-state index contributed by atoms with van der Waals surface area (Å²) in [5.41, 5.74) is 1.16. The van der Waals surface area contributed by atoms with E-state index in [9.17, 15) is 0 Å². The molecule has 1 rings (SSSR count). The van der Waals surface area contributed by atoms with Crippen molar-refractivity contribution in [2.45, 2.75) is 19.8 Å². The summed E-state index contributed by atoms with van der Waals surface area (Å²) in [6, 6.07) is 0. The molecule has 0 aliphatic carbocycles. The third-order valence-electron chi connectivity index (χ3n) is 1.45. The SMILES string of the molecule is CCCC1=N/C=C\C=C/C=C1. The van der Waals surface area contributed by atoms with Gasteiger partial charge in [-0.1, -0.05) is 31.6 Å². The molecule has 0 amide bonds. The maximum Gasteiger partial charge on any atom is 0.0403 e. The number of hydrogen-bond donors (Lipinski definition) is 0. The summed E-state index contributed by atoms with van der Waals surface area (Å²) in [4.78, 5) is 4.27. The number of rotatable bonds is 2. The molecule has 0 saturated carbocycles. The van der Waals surface area contributed by atoms with Crippen molar-refractivity contribution in [1.82, 2.24) is 0 Å². The number of hydrogen-bond acceptors (Lipinski definition) is 1. The molecule has 0 unspecified atom stereocenters. The zero-order chi connectivity index (χ0) is 7.94. The van der Waals surface area contributed by atoms with Crippen LogP contribution in [0.4, 0.5) is 0 Å². The Morgan fingerprint density at radius 2 is 2.00 bits per heavy atom. The minimum atomic E-state index is 1.06. The standard InChI is InChI=1S/C10H13N/c1-2-7-10-8-5-3-4-6-9-11-10/h3-6,8-9H,2,7H2,1H3/b4-3-,5-3?,6-4?,8-5?,9-6-,10-8?,11-9?,11-10?. The molecule has 58 valence electrons. The Morgan fingerprint density at radius 3 is 2.82 bits per heavy atom. The molecule has 1 heterocycles. The largest absolute Gasteiger partial charge is 0.261 e. The van der Waals surface area contributed by atoms with Gasteiger partial charge in [0.05, 0.1) is 0 Å². The van der Waals surface area contributed by atoms with Crippen LogP contribution < -0.4 is 0 Å². The van der Waals surface area contributed by atoms with E-state index >= 15 is 0 Å². The molecule has 1 heteroatoms. The molecule has 0 fully saturated rings. The lowest BCUT2D eigenvalue weighted by Crippen LogP contribution is -1.91. The quantitative estimate of drug-likeness (QED) is 0.569. The van der Waals surface area contributed by atoms with E-state index in [-0.39, 0.29) is 0 Å². The van der Waals surface area contributed by atoms with Crippen LogP contribution >= 0.6 is 0 Å². The van der Waals surface area contributed by atoms with Gasteiger partial charge in [-0.05, 0) is 18.6 Å². The van der Waals surface area contributed by atoms with Crippen LogP contribution in [0.15, 0.2) is 41.6 Å². The van der Waals surface area contributed by atoms with E-state index < -0.39 is 0 Å². The summed E-state index contributed by atoms with van der Waals surface area (Å²) in [5, 5.41) is 0. The second-order valence-corrected chi connectivity index (χ2v) is 2.46. The molecule has 11 heavy (non-hydrogen) atoms. The van der Waals surface area contributed by atoms with E-state index in [4.69, 9.17) is 0 Å². The van der Waals surface area contributed by atoms with E-state index in [1.165, 1.54) is 0 Å². The second kappa shape index (κ2) is 4.67. The van der Waals surface area contributed by atoms with E-state index in [1.807, 2.05) is 30.5 Å². The third kappa shape index (κ3) is 2.99. The Kier molecular flexibility index (Phi) is 3.39. The first-order chi connectivity index (χ1) is 5.43. The first-order valence-corrected chi connectivity index (χ1v) is 4.00. The predicted molar refractivity (Wildman–Crippen MR) is 49.8 cm³/mol. The summed E-state index contributed by atoms with van der Waals surface area (Å²) < 4.78 is 0. The molecular weight excluding hydrogens is 134 g/mol. The minimum absolute atomic E-state index is 1.06. The van der Waals surface area contributed by atoms with Crippen molar-refractivity contribution in [2.75, 3.05) is 0 Å². The van der Waals surface area contributed by atoms with Crippen LogP contribution in [-0.4, -0.2) is 5.71 Å². The molecule has 0 bridgehead atoms. The molecule has 0 aromatic rings. The maximum atomic E-state index is 4.27. The van der Waals surface area contributed by atoms with Crippen LogP contribution in [-0.2, 0) is 0 Å². The lowest BCUT2D eigenvalue weighted by atomic mass is 10.2. The maximum absolute atomic E-state index is 4.27. The summed E-state index contributed by atoms with van der Waals surface area (Å²) in [5.74, 6) is 0. The molecule has 1 aliphatic heterocycles. The third-order valence-corrected chi connectivity index (χ3v) is 1.45. The smallest absolute Gasteiger partial charge is 0.0403 e. The van der Waals surface area contributed by atoms with E-state index in [1.54, 1.807) is 0 Å². The molecule has 1 nitrogen and oxygen atoms in total. The highest BCUT2D eigenvalue weighted by atomic mass is 14.7. The van der Waals surface area contributed by atoms with Crippen molar-refractivity contribution in [3.63, 3.8) is 0 Å². The first kappa shape index (κ1) is 7.99. The van der Waals surface area contributed by atoms with E-state index in [0.29, 0.717) is 0 Å². The van der Waals surface area contributed by atoms with Gasteiger partial charge in [0.2, 0.25) is 0 Å². The monoisotopic (exact) mass is 147 g/mol. The fourth-order valence-electron chi connectivity index (χ4n) is 0.930. The molecule has 0 spiro atoms. The Labute approximate surface area is 67.8 Å². The van der Waals surface area contributed by atoms with Gasteiger partial charge in [0.15, 0.2) is 0 Å².